The molecule has 0 saturated carbocycles. The molecule has 17 heavy (non-hydrogen) atoms. The molecule has 0 aromatic carbocycles. The normalized spacial score (nSPS) is 28.9. The van der Waals surface area contributed by atoms with E-state index in [-0.39, 0.29) is 11.7 Å². The predicted molar refractivity (Wildman–Crippen MR) is 63.6 cm³/mol. The van der Waals surface area contributed by atoms with Gasteiger partial charge in [-0.1, -0.05) is 5.11 Å². The Morgan fingerprint density at radius 2 is 2.24 bits per heavy atom. The van der Waals surface area contributed by atoms with E-state index in [2.05, 4.69) is 14.9 Å². The third kappa shape index (κ3) is 3.33. The van der Waals surface area contributed by atoms with Crippen LogP contribution in [0.25, 0.3) is 10.4 Å². The van der Waals surface area contributed by atoms with E-state index in [1.807, 2.05) is 0 Å². The molecule has 0 radical (unpaired) electrons. The number of aliphatic hydroxyl groups excluding tert-OH is 1. The lowest BCUT2D eigenvalue weighted by atomic mass is 9.83. The minimum atomic E-state index is -0.196. The van der Waals surface area contributed by atoms with Crippen molar-refractivity contribution in [2.75, 3.05) is 32.8 Å². The van der Waals surface area contributed by atoms with Gasteiger partial charge >= 0.3 is 0 Å². The summed E-state index contributed by atoms with van der Waals surface area (Å²) in [7, 11) is 0. The van der Waals surface area contributed by atoms with Crippen molar-refractivity contribution in [1.29, 1.82) is 0 Å². The summed E-state index contributed by atoms with van der Waals surface area (Å²) in [6.45, 7) is 3.97. The van der Waals surface area contributed by atoms with Crippen molar-refractivity contribution in [3.63, 3.8) is 0 Å². The van der Waals surface area contributed by atoms with Crippen LogP contribution in [0.1, 0.15) is 25.7 Å². The number of nitrogens with zero attached hydrogens (tertiary/aromatic N) is 4. The molecule has 0 amide bonds. The monoisotopic (exact) mass is 240 g/mol. The van der Waals surface area contributed by atoms with E-state index in [1.54, 1.807) is 0 Å². The molecule has 0 aliphatic carbocycles. The molecule has 2 saturated heterocycles. The molecule has 2 rings (SSSR count). The first kappa shape index (κ1) is 12.6. The summed E-state index contributed by atoms with van der Waals surface area (Å²) in [4.78, 5) is 5.05. The summed E-state index contributed by atoms with van der Waals surface area (Å²) in [5.74, 6) is 0. The molecule has 2 heterocycles. The highest BCUT2D eigenvalue weighted by atomic mass is 16.5. The lowest BCUT2D eigenvalue weighted by Gasteiger charge is -2.45. The number of azide groups is 1. The second-order valence-electron chi connectivity index (χ2n) is 4.97. The molecular formula is C11H20N4O2. The Hall–Kier alpha value is -0.810. The van der Waals surface area contributed by atoms with Crippen LogP contribution in [0, 0.1) is 0 Å². The van der Waals surface area contributed by atoms with Gasteiger partial charge in [0.05, 0.1) is 11.7 Å². The highest BCUT2D eigenvalue weighted by molar-refractivity contribution is 4.92. The summed E-state index contributed by atoms with van der Waals surface area (Å²) in [6, 6.07) is 0. The zero-order valence-corrected chi connectivity index (χ0v) is 10.1. The van der Waals surface area contributed by atoms with Gasteiger partial charge in [-0.2, -0.15) is 0 Å². The van der Waals surface area contributed by atoms with E-state index in [4.69, 9.17) is 10.3 Å². The van der Waals surface area contributed by atoms with E-state index in [0.29, 0.717) is 13.2 Å². The van der Waals surface area contributed by atoms with Gasteiger partial charge in [-0.3, -0.25) is 0 Å². The molecule has 0 aromatic heterocycles. The molecule has 6 nitrogen and oxygen atoms in total. The molecule has 96 valence electrons. The fourth-order valence-corrected chi connectivity index (χ4v) is 2.77. The van der Waals surface area contributed by atoms with Crippen LogP contribution in [0.15, 0.2) is 5.11 Å². The number of piperidine rings is 1. The third-order valence-corrected chi connectivity index (χ3v) is 3.81. The van der Waals surface area contributed by atoms with Crippen molar-refractivity contribution in [3.05, 3.63) is 10.4 Å². The fourth-order valence-electron chi connectivity index (χ4n) is 2.77. The van der Waals surface area contributed by atoms with Crippen LogP contribution < -0.4 is 0 Å². The molecular weight excluding hydrogens is 220 g/mol. The van der Waals surface area contributed by atoms with Crippen LogP contribution >= 0.6 is 0 Å². The second kappa shape index (κ2) is 5.69. The smallest absolute Gasteiger partial charge is 0.0731 e. The zero-order chi connectivity index (χ0) is 12.1. The largest absolute Gasteiger partial charge is 0.393 e. The molecule has 2 aliphatic heterocycles. The summed E-state index contributed by atoms with van der Waals surface area (Å²) in [5.41, 5.74) is 8.13. The van der Waals surface area contributed by atoms with Crippen LogP contribution in [-0.4, -0.2) is 54.5 Å². The molecule has 1 N–H and O–H groups in total. The predicted octanol–water partition coefficient (Wildman–Crippen LogP) is 1.30. The van der Waals surface area contributed by atoms with Crippen LogP contribution in [0.5, 0.6) is 0 Å². The van der Waals surface area contributed by atoms with E-state index < -0.39 is 0 Å². The fraction of sp³-hybridized carbons (Fsp3) is 1.00. The van der Waals surface area contributed by atoms with Gasteiger partial charge in [0.1, 0.15) is 0 Å². The molecule has 1 atom stereocenters. The quantitative estimate of drug-likeness (QED) is 0.458. The molecule has 0 unspecified atom stereocenters. The minimum absolute atomic E-state index is 0.0906. The van der Waals surface area contributed by atoms with Gasteiger partial charge in [0.15, 0.2) is 0 Å². The van der Waals surface area contributed by atoms with Gasteiger partial charge in [-0.15, -0.1) is 0 Å². The number of ether oxygens (including phenoxy) is 1. The average Bonchev–Trinajstić information content (AvgIpc) is 2.32. The lowest BCUT2D eigenvalue weighted by Crippen LogP contribution is -2.50. The van der Waals surface area contributed by atoms with Crippen LogP contribution in [0.2, 0.25) is 0 Å². The van der Waals surface area contributed by atoms with Crippen molar-refractivity contribution >= 4 is 0 Å². The first-order valence-electron chi connectivity index (χ1n) is 6.29. The van der Waals surface area contributed by atoms with Crippen LogP contribution in [-0.2, 0) is 4.74 Å². The van der Waals surface area contributed by atoms with E-state index in [1.165, 1.54) is 0 Å². The Balaban J connectivity index is 1.78. The molecule has 2 aliphatic rings. The van der Waals surface area contributed by atoms with Gasteiger partial charge in [0.2, 0.25) is 0 Å². The molecule has 1 spiro atoms. The lowest BCUT2D eigenvalue weighted by molar-refractivity contribution is -0.142. The average molecular weight is 240 g/mol. The van der Waals surface area contributed by atoms with Gasteiger partial charge < -0.3 is 14.7 Å². The standard InChI is InChI=1S/C11H20N4O2/c12-14-13-4-7-15-5-2-11(3-6-15)9-10(16)1-8-17-11/h10,16H,1-9H2/t10-/m0/s1. The van der Waals surface area contributed by atoms with Crippen molar-refractivity contribution in [2.24, 2.45) is 5.11 Å². The summed E-state index contributed by atoms with van der Waals surface area (Å²) in [5, 5.41) is 13.3. The topological polar surface area (TPSA) is 81.5 Å². The molecule has 0 bridgehead atoms. The summed E-state index contributed by atoms with van der Waals surface area (Å²) in [6.07, 6.45) is 3.29. The minimum Gasteiger partial charge on any atom is -0.393 e. The maximum absolute atomic E-state index is 9.72. The van der Waals surface area contributed by atoms with Gasteiger partial charge in [-0.25, -0.2) is 0 Å². The Bertz CT molecular complexity index is 296. The van der Waals surface area contributed by atoms with Crippen molar-refractivity contribution in [3.8, 4) is 0 Å². The summed E-state index contributed by atoms with van der Waals surface area (Å²) >= 11 is 0. The maximum atomic E-state index is 9.72. The Morgan fingerprint density at radius 3 is 2.88 bits per heavy atom. The number of hydrogen-bond donors (Lipinski definition) is 1. The second-order valence-corrected chi connectivity index (χ2v) is 4.97. The van der Waals surface area contributed by atoms with E-state index in [9.17, 15) is 5.11 Å². The maximum Gasteiger partial charge on any atom is 0.0731 e. The number of aliphatic hydroxyl groups is 1. The van der Waals surface area contributed by atoms with E-state index >= 15 is 0 Å². The molecule has 0 aromatic rings. The Labute approximate surface area is 101 Å². The zero-order valence-electron chi connectivity index (χ0n) is 10.1. The van der Waals surface area contributed by atoms with Crippen molar-refractivity contribution < 1.29 is 9.84 Å². The van der Waals surface area contributed by atoms with Crippen molar-refractivity contribution in [2.45, 2.75) is 37.4 Å². The Kier molecular flexibility index (Phi) is 4.23. The van der Waals surface area contributed by atoms with Gasteiger partial charge in [0, 0.05) is 44.1 Å². The number of hydrogen-bond acceptors (Lipinski definition) is 4. The molecule has 2 fully saturated rings. The number of likely N-dealkylation sites (tertiary alicyclic amines) is 1. The highest BCUT2D eigenvalue weighted by Gasteiger charge is 2.39. The van der Waals surface area contributed by atoms with Gasteiger partial charge in [-0.05, 0) is 24.8 Å². The van der Waals surface area contributed by atoms with Crippen molar-refractivity contribution in [1.82, 2.24) is 4.90 Å². The van der Waals surface area contributed by atoms with Gasteiger partial charge in [0.25, 0.3) is 0 Å². The number of rotatable bonds is 3. The van der Waals surface area contributed by atoms with Crippen LogP contribution in [0.4, 0.5) is 0 Å². The van der Waals surface area contributed by atoms with E-state index in [0.717, 1.165) is 45.3 Å². The SMILES string of the molecule is [N-]=[N+]=NCCN1CCC2(CC1)C[C@@H](O)CCO2. The Morgan fingerprint density at radius 1 is 1.47 bits per heavy atom. The first-order chi connectivity index (χ1) is 8.24. The third-order valence-electron chi connectivity index (χ3n) is 3.81. The highest BCUT2D eigenvalue weighted by Crippen LogP contribution is 2.34. The molecule has 6 heteroatoms. The summed E-state index contributed by atoms with van der Waals surface area (Å²) < 4.78 is 5.88. The first-order valence-corrected chi connectivity index (χ1v) is 6.29. The van der Waals surface area contributed by atoms with Crippen LogP contribution in [0.3, 0.4) is 0 Å².